The molecule has 2 heteroatoms. The molecule has 1 N–H and O–H groups in total. The molecule has 2 aliphatic rings. The number of nitrogens with zero attached hydrogens (tertiary/aromatic N) is 1. The van der Waals surface area contributed by atoms with Gasteiger partial charge in [-0.05, 0) is 57.7 Å². The summed E-state index contributed by atoms with van der Waals surface area (Å²) in [5.41, 5.74) is 0. The molecule has 0 aromatic rings. The lowest BCUT2D eigenvalue weighted by Gasteiger charge is -2.38. The van der Waals surface area contributed by atoms with Gasteiger partial charge in [0.1, 0.15) is 0 Å². The summed E-state index contributed by atoms with van der Waals surface area (Å²) in [6.45, 7) is 7.56. The molecule has 2 nitrogen and oxygen atoms in total. The van der Waals surface area contributed by atoms with Crippen LogP contribution in [0.3, 0.4) is 0 Å². The quantitative estimate of drug-likeness (QED) is 0.768. The summed E-state index contributed by atoms with van der Waals surface area (Å²) in [6.07, 6.45) is 8.50. The average molecular weight is 210 g/mol. The van der Waals surface area contributed by atoms with Gasteiger partial charge in [0.2, 0.25) is 0 Å². The summed E-state index contributed by atoms with van der Waals surface area (Å²) < 4.78 is 0. The largest absolute Gasteiger partial charge is 0.316 e. The summed E-state index contributed by atoms with van der Waals surface area (Å²) in [4.78, 5) is 2.77. The predicted molar refractivity (Wildman–Crippen MR) is 65.1 cm³/mol. The Morgan fingerprint density at radius 3 is 2.87 bits per heavy atom. The first-order valence-corrected chi connectivity index (χ1v) is 6.85. The highest BCUT2D eigenvalue weighted by atomic mass is 15.2. The third-order valence-electron chi connectivity index (χ3n) is 4.11. The minimum atomic E-state index is 0.890. The average Bonchev–Trinajstić information content (AvgIpc) is 2.31. The van der Waals surface area contributed by atoms with Gasteiger partial charge in [-0.3, -0.25) is 0 Å². The Bertz CT molecular complexity index is 175. The summed E-state index contributed by atoms with van der Waals surface area (Å²) in [7, 11) is 0. The van der Waals surface area contributed by atoms with Gasteiger partial charge in [0.05, 0.1) is 0 Å². The van der Waals surface area contributed by atoms with Gasteiger partial charge in [0.25, 0.3) is 0 Å². The van der Waals surface area contributed by atoms with Crippen LogP contribution in [0.1, 0.15) is 45.4 Å². The summed E-state index contributed by atoms with van der Waals surface area (Å²) in [6, 6.07) is 0.890. The number of hydrogen-bond donors (Lipinski definition) is 1. The van der Waals surface area contributed by atoms with E-state index in [4.69, 9.17) is 0 Å². The molecule has 0 aromatic heterocycles. The topological polar surface area (TPSA) is 15.3 Å². The lowest BCUT2D eigenvalue weighted by Crippen LogP contribution is -2.45. The molecular formula is C13H26N2. The van der Waals surface area contributed by atoms with Crippen LogP contribution in [0.25, 0.3) is 0 Å². The molecule has 0 bridgehead atoms. The van der Waals surface area contributed by atoms with Crippen LogP contribution in [0.5, 0.6) is 0 Å². The number of rotatable bonds is 3. The molecule has 2 heterocycles. The number of hydrogen-bond acceptors (Lipinski definition) is 2. The molecule has 0 aromatic carbocycles. The second kappa shape index (κ2) is 5.86. The van der Waals surface area contributed by atoms with Crippen molar-refractivity contribution in [2.24, 2.45) is 5.92 Å². The van der Waals surface area contributed by atoms with Crippen LogP contribution in [0.2, 0.25) is 0 Å². The molecule has 0 spiro atoms. The van der Waals surface area contributed by atoms with Crippen LogP contribution in [-0.2, 0) is 0 Å². The van der Waals surface area contributed by atoms with Crippen molar-refractivity contribution in [2.45, 2.75) is 51.5 Å². The Labute approximate surface area is 94.4 Å². The number of piperidine rings is 2. The second-order valence-electron chi connectivity index (χ2n) is 5.27. The molecule has 0 saturated carbocycles. The van der Waals surface area contributed by atoms with Crippen molar-refractivity contribution in [3.8, 4) is 0 Å². The van der Waals surface area contributed by atoms with Crippen LogP contribution < -0.4 is 5.32 Å². The van der Waals surface area contributed by atoms with Crippen LogP contribution in [0, 0.1) is 5.92 Å². The maximum atomic E-state index is 3.53. The zero-order chi connectivity index (χ0) is 10.5. The smallest absolute Gasteiger partial charge is 0.00927 e. The zero-order valence-electron chi connectivity index (χ0n) is 10.2. The molecule has 0 unspecified atom stereocenters. The van der Waals surface area contributed by atoms with Gasteiger partial charge in [-0.15, -0.1) is 0 Å². The van der Waals surface area contributed by atoms with Crippen molar-refractivity contribution in [2.75, 3.05) is 26.2 Å². The normalized spacial score (nSPS) is 34.2. The molecule has 0 aliphatic carbocycles. The summed E-state index contributed by atoms with van der Waals surface area (Å²) in [5, 5.41) is 3.53. The molecule has 2 atom stereocenters. The third-order valence-corrected chi connectivity index (χ3v) is 4.11. The zero-order valence-corrected chi connectivity index (χ0v) is 10.2. The molecule has 0 amide bonds. The van der Waals surface area contributed by atoms with Crippen LogP contribution >= 0.6 is 0 Å². The van der Waals surface area contributed by atoms with E-state index in [2.05, 4.69) is 17.1 Å². The standard InChI is InChI=1S/C13H26N2/c1-2-13-7-3-4-9-15(13)11-12-6-5-8-14-10-12/h12-14H,2-11H2,1H3/t12-,13-/m1/s1. The van der Waals surface area contributed by atoms with Gasteiger partial charge in [-0.1, -0.05) is 13.3 Å². The Morgan fingerprint density at radius 2 is 2.13 bits per heavy atom. The van der Waals surface area contributed by atoms with Crippen LogP contribution in [0.15, 0.2) is 0 Å². The third kappa shape index (κ3) is 3.18. The summed E-state index contributed by atoms with van der Waals surface area (Å²) in [5.74, 6) is 0.922. The van der Waals surface area contributed by atoms with Crippen molar-refractivity contribution < 1.29 is 0 Å². The Hall–Kier alpha value is -0.0800. The Balaban J connectivity index is 1.79. The van der Waals surface area contributed by atoms with E-state index in [1.165, 1.54) is 64.7 Å². The SMILES string of the molecule is CC[C@@H]1CCCCN1C[C@@H]1CCCNC1. The highest BCUT2D eigenvalue weighted by Gasteiger charge is 2.24. The minimum absolute atomic E-state index is 0.890. The maximum absolute atomic E-state index is 3.53. The Kier molecular flexibility index (Phi) is 4.45. The maximum Gasteiger partial charge on any atom is 0.00927 e. The van der Waals surface area contributed by atoms with Gasteiger partial charge in [-0.25, -0.2) is 0 Å². The fourth-order valence-electron chi connectivity index (χ4n) is 3.17. The van der Waals surface area contributed by atoms with Crippen molar-refractivity contribution in [1.82, 2.24) is 10.2 Å². The van der Waals surface area contributed by atoms with Gasteiger partial charge in [-0.2, -0.15) is 0 Å². The highest BCUT2D eigenvalue weighted by Crippen LogP contribution is 2.22. The van der Waals surface area contributed by atoms with E-state index >= 15 is 0 Å². The monoisotopic (exact) mass is 210 g/mol. The van der Waals surface area contributed by atoms with E-state index in [0.717, 1.165) is 12.0 Å². The first kappa shape index (κ1) is 11.4. The van der Waals surface area contributed by atoms with Crippen molar-refractivity contribution in [3.05, 3.63) is 0 Å². The van der Waals surface area contributed by atoms with Crippen molar-refractivity contribution in [1.29, 1.82) is 0 Å². The molecule has 0 radical (unpaired) electrons. The highest BCUT2D eigenvalue weighted by molar-refractivity contribution is 4.80. The van der Waals surface area contributed by atoms with Gasteiger partial charge in [0, 0.05) is 12.6 Å². The van der Waals surface area contributed by atoms with E-state index in [1.807, 2.05) is 0 Å². The van der Waals surface area contributed by atoms with Crippen LogP contribution in [0.4, 0.5) is 0 Å². The van der Waals surface area contributed by atoms with Crippen LogP contribution in [-0.4, -0.2) is 37.1 Å². The summed E-state index contributed by atoms with van der Waals surface area (Å²) >= 11 is 0. The molecule has 2 rings (SSSR count). The Morgan fingerprint density at radius 1 is 1.20 bits per heavy atom. The predicted octanol–water partition coefficient (Wildman–Crippen LogP) is 2.25. The van der Waals surface area contributed by atoms with E-state index in [9.17, 15) is 0 Å². The van der Waals surface area contributed by atoms with Crippen molar-refractivity contribution in [3.63, 3.8) is 0 Å². The molecular weight excluding hydrogens is 184 g/mol. The first-order valence-electron chi connectivity index (χ1n) is 6.85. The minimum Gasteiger partial charge on any atom is -0.316 e. The van der Waals surface area contributed by atoms with E-state index < -0.39 is 0 Å². The lowest BCUT2D eigenvalue weighted by molar-refractivity contribution is 0.114. The molecule has 2 saturated heterocycles. The fraction of sp³-hybridized carbons (Fsp3) is 1.00. The number of nitrogens with one attached hydrogen (secondary N) is 1. The van der Waals surface area contributed by atoms with Gasteiger partial charge in [0.15, 0.2) is 0 Å². The first-order chi connectivity index (χ1) is 7.40. The second-order valence-corrected chi connectivity index (χ2v) is 5.27. The van der Waals surface area contributed by atoms with E-state index in [0.29, 0.717) is 0 Å². The molecule has 2 aliphatic heterocycles. The van der Waals surface area contributed by atoms with E-state index in [-0.39, 0.29) is 0 Å². The molecule has 2 fully saturated rings. The molecule has 88 valence electrons. The van der Waals surface area contributed by atoms with E-state index in [1.54, 1.807) is 0 Å². The van der Waals surface area contributed by atoms with Crippen molar-refractivity contribution >= 4 is 0 Å². The van der Waals surface area contributed by atoms with Gasteiger partial charge < -0.3 is 10.2 Å². The molecule has 15 heavy (non-hydrogen) atoms. The lowest BCUT2D eigenvalue weighted by atomic mass is 9.94. The number of likely N-dealkylation sites (tertiary alicyclic amines) is 1. The van der Waals surface area contributed by atoms with Gasteiger partial charge >= 0.3 is 0 Å². The fourth-order valence-corrected chi connectivity index (χ4v) is 3.17.